The number of ether oxygens (including phenoxy) is 1. The third kappa shape index (κ3) is 4.36. The molecule has 0 unspecified atom stereocenters. The maximum atomic E-state index is 12.8. The van der Waals surface area contributed by atoms with E-state index in [1.54, 1.807) is 18.2 Å². The number of nitrogens with one attached hydrogen (secondary N) is 1. The maximum Gasteiger partial charge on any atom is 0.408 e. The monoisotopic (exact) mass is 375 g/mol. The molecule has 1 fully saturated rings. The van der Waals surface area contributed by atoms with E-state index in [0.717, 1.165) is 17.5 Å². The summed E-state index contributed by atoms with van der Waals surface area (Å²) >= 11 is 0. The second kappa shape index (κ2) is 6.90. The summed E-state index contributed by atoms with van der Waals surface area (Å²) in [5.74, 6) is 1.26. The molecule has 9 heteroatoms. The van der Waals surface area contributed by atoms with Gasteiger partial charge in [0.1, 0.15) is 12.3 Å². The van der Waals surface area contributed by atoms with Crippen LogP contribution in [0.15, 0.2) is 48.8 Å². The Morgan fingerprint density at radius 1 is 1.15 bits per heavy atom. The number of rotatable bonds is 6. The van der Waals surface area contributed by atoms with Gasteiger partial charge in [-0.15, -0.1) is 0 Å². The lowest BCUT2D eigenvalue weighted by Gasteiger charge is -2.12. The van der Waals surface area contributed by atoms with Crippen LogP contribution >= 0.6 is 0 Å². The third-order valence-corrected chi connectivity index (χ3v) is 4.02. The molecule has 1 N–H and O–H groups in total. The molecule has 0 spiro atoms. The van der Waals surface area contributed by atoms with Gasteiger partial charge >= 0.3 is 6.18 Å². The van der Waals surface area contributed by atoms with Crippen LogP contribution < -0.4 is 10.1 Å². The summed E-state index contributed by atoms with van der Waals surface area (Å²) in [6.07, 6.45) is 0.261. The van der Waals surface area contributed by atoms with Gasteiger partial charge in [0.2, 0.25) is 11.8 Å². The highest BCUT2D eigenvalue weighted by Gasteiger charge is 2.35. The predicted octanol–water partition coefficient (Wildman–Crippen LogP) is 4.65. The van der Waals surface area contributed by atoms with Gasteiger partial charge < -0.3 is 10.1 Å². The Labute approximate surface area is 153 Å². The van der Waals surface area contributed by atoms with Gasteiger partial charge in [0.25, 0.3) is 0 Å². The van der Waals surface area contributed by atoms with Gasteiger partial charge in [0.15, 0.2) is 0 Å². The quantitative estimate of drug-likeness (QED) is 0.679. The fourth-order valence-electron chi connectivity index (χ4n) is 2.76. The first kappa shape index (κ1) is 17.3. The van der Waals surface area contributed by atoms with Gasteiger partial charge in [-0.1, -0.05) is 18.2 Å². The molecule has 4 rings (SSSR count). The Morgan fingerprint density at radius 2 is 1.93 bits per heavy atom. The van der Waals surface area contributed by atoms with Crippen molar-refractivity contribution >= 4 is 11.6 Å². The van der Waals surface area contributed by atoms with Crippen molar-refractivity contribution in [2.45, 2.75) is 31.5 Å². The van der Waals surface area contributed by atoms with Crippen molar-refractivity contribution in [3.63, 3.8) is 0 Å². The molecule has 1 aliphatic rings. The third-order valence-electron chi connectivity index (χ3n) is 4.02. The minimum atomic E-state index is -4.33. The minimum absolute atomic E-state index is 0.0705. The molecule has 2 aromatic heterocycles. The Bertz CT molecular complexity index is 922. The predicted molar refractivity (Wildman–Crippen MR) is 92.1 cm³/mol. The van der Waals surface area contributed by atoms with Crippen molar-refractivity contribution in [3.05, 3.63) is 54.5 Å². The van der Waals surface area contributed by atoms with Crippen LogP contribution in [0.4, 0.5) is 24.8 Å². The van der Waals surface area contributed by atoms with E-state index in [1.807, 2.05) is 18.2 Å². The first-order valence-corrected chi connectivity index (χ1v) is 8.43. The number of para-hydroxylation sites is 1. The molecule has 0 atom stereocenters. The Hall–Kier alpha value is -3.10. The molecule has 0 amide bonds. The molecule has 0 radical (unpaired) electrons. The topological polar surface area (TPSA) is 64.9 Å². The zero-order valence-corrected chi connectivity index (χ0v) is 14.1. The average molecular weight is 375 g/mol. The van der Waals surface area contributed by atoms with Crippen molar-refractivity contribution in [2.75, 3.05) is 5.32 Å². The van der Waals surface area contributed by atoms with Crippen LogP contribution in [0.2, 0.25) is 0 Å². The van der Waals surface area contributed by atoms with Crippen molar-refractivity contribution in [2.24, 2.45) is 0 Å². The van der Waals surface area contributed by atoms with E-state index in [9.17, 15) is 13.2 Å². The van der Waals surface area contributed by atoms with Crippen molar-refractivity contribution in [1.29, 1.82) is 0 Å². The summed E-state index contributed by atoms with van der Waals surface area (Å²) in [4.78, 5) is 8.38. The number of nitrogens with zero attached hydrogens (tertiary/aromatic N) is 4. The van der Waals surface area contributed by atoms with Gasteiger partial charge in [0.05, 0.1) is 17.6 Å². The Kier molecular flexibility index (Phi) is 4.43. The molecule has 1 aliphatic carbocycles. The molecular formula is C18H16F3N5O. The molecule has 0 bridgehead atoms. The minimum Gasteiger partial charge on any atom is -0.439 e. The van der Waals surface area contributed by atoms with E-state index in [0.29, 0.717) is 23.0 Å². The highest BCUT2D eigenvalue weighted by atomic mass is 19.4. The number of hydrogen-bond donors (Lipinski definition) is 1. The molecule has 3 aromatic rings. The highest BCUT2D eigenvalue weighted by molar-refractivity contribution is 5.57. The van der Waals surface area contributed by atoms with Gasteiger partial charge in [-0.25, -0.2) is 4.98 Å². The summed E-state index contributed by atoms with van der Waals surface area (Å²) in [6, 6.07) is 10.7. The second-order valence-corrected chi connectivity index (χ2v) is 6.25. The number of aromatic nitrogens is 4. The summed E-state index contributed by atoms with van der Waals surface area (Å²) in [5.41, 5.74) is 1.02. The van der Waals surface area contributed by atoms with Crippen LogP contribution in [0, 0.1) is 0 Å². The molecule has 6 nitrogen and oxygen atoms in total. The first-order chi connectivity index (χ1) is 13.0. The van der Waals surface area contributed by atoms with E-state index in [1.165, 1.54) is 12.4 Å². The van der Waals surface area contributed by atoms with Crippen molar-refractivity contribution in [3.8, 4) is 11.6 Å². The van der Waals surface area contributed by atoms with Gasteiger partial charge in [0, 0.05) is 18.2 Å². The Morgan fingerprint density at radius 3 is 2.63 bits per heavy atom. The van der Waals surface area contributed by atoms with Crippen molar-refractivity contribution in [1.82, 2.24) is 19.7 Å². The van der Waals surface area contributed by atoms with E-state index in [4.69, 9.17) is 4.74 Å². The van der Waals surface area contributed by atoms with Crippen LogP contribution in [0.5, 0.6) is 11.6 Å². The molecule has 0 saturated heterocycles. The molecule has 27 heavy (non-hydrogen) atoms. The maximum absolute atomic E-state index is 12.8. The van der Waals surface area contributed by atoms with E-state index < -0.39 is 12.7 Å². The standard InChI is InChI=1S/C18H16F3N5O/c19-18(20,21)11-26-16(12-6-7-12)14(10-23-26)24-17-22-9-8-15(25-17)27-13-4-2-1-3-5-13/h1-5,8-10,12H,6-7,11H2,(H,22,24,25). The molecule has 140 valence electrons. The molecular weight excluding hydrogens is 359 g/mol. The summed E-state index contributed by atoms with van der Waals surface area (Å²) in [5, 5.41) is 6.87. The number of benzene rings is 1. The zero-order chi connectivity index (χ0) is 18.9. The molecule has 0 aliphatic heterocycles. The van der Waals surface area contributed by atoms with Crippen LogP contribution in [-0.2, 0) is 6.54 Å². The normalized spacial score (nSPS) is 14.2. The average Bonchev–Trinajstić information content (AvgIpc) is 3.38. The summed E-state index contributed by atoms with van der Waals surface area (Å²) in [6.45, 7) is -1.11. The van der Waals surface area contributed by atoms with E-state index >= 15 is 0 Å². The van der Waals surface area contributed by atoms with E-state index in [2.05, 4.69) is 20.4 Å². The van der Waals surface area contributed by atoms with Gasteiger partial charge in [-0.2, -0.15) is 23.3 Å². The first-order valence-electron chi connectivity index (χ1n) is 8.43. The lowest BCUT2D eigenvalue weighted by atomic mass is 10.2. The summed E-state index contributed by atoms with van der Waals surface area (Å²) in [7, 11) is 0. The lowest BCUT2D eigenvalue weighted by molar-refractivity contribution is -0.143. The lowest BCUT2D eigenvalue weighted by Crippen LogP contribution is -2.20. The highest BCUT2D eigenvalue weighted by Crippen LogP contribution is 2.44. The largest absolute Gasteiger partial charge is 0.439 e. The fourth-order valence-corrected chi connectivity index (χ4v) is 2.76. The molecule has 2 heterocycles. The van der Waals surface area contributed by atoms with Crippen LogP contribution in [-0.4, -0.2) is 25.9 Å². The SMILES string of the molecule is FC(F)(F)Cn1ncc(Nc2nccc(Oc3ccccc3)n2)c1C1CC1. The molecule has 1 aromatic carbocycles. The van der Waals surface area contributed by atoms with Crippen molar-refractivity contribution < 1.29 is 17.9 Å². The number of halogens is 3. The number of hydrogen-bond acceptors (Lipinski definition) is 5. The smallest absolute Gasteiger partial charge is 0.408 e. The van der Waals surface area contributed by atoms with Crippen LogP contribution in [0.1, 0.15) is 24.5 Å². The number of alkyl halides is 3. The van der Waals surface area contributed by atoms with Gasteiger partial charge in [-0.3, -0.25) is 4.68 Å². The van der Waals surface area contributed by atoms with Crippen LogP contribution in [0.25, 0.3) is 0 Å². The van der Waals surface area contributed by atoms with Gasteiger partial charge in [-0.05, 0) is 25.0 Å². The fraction of sp³-hybridized carbons (Fsp3) is 0.278. The van der Waals surface area contributed by atoms with E-state index in [-0.39, 0.29) is 11.9 Å². The second-order valence-electron chi connectivity index (χ2n) is 6.25. The zero-order valence-electron chi connectivity index (χ0n) is 14.1. The summed E-state index contributed by atoms with van der Waals surface area (Å²) < 4.78 is 45.0. The Balaban J connectivity index is 1.55. The number of anilines is 2. The molecule has 1 saturated carbocycles. The van der Waals surface area contributed by atoms with Crippen LogP contribution in [0.3, 0.4) is 0 Å².